The first kappa shape index (κ1) is 16.8. The van der Waals surface area contributed by atoms with E-state index < -0.39 is 0 Å². The predicted octanol–water partition coefficient (Wildman–Crippen LogP) is 4.28. The van der Waals surface area contributed by atoms with Crippen LogP contribution < -0.4 is 5.32 Å². The number of hydrogen-bond acceptors (Lipinski definition) is 4. The highest BCUT2D eigenvalue weighted by molar-refractivity contribution is 6.05. The maximum Gasteiger partial charge on any atom is 0.252 e. The van der Waals surface area contributed by atoms with E-state index >= 15 is 0 Å². The standard InChI is InChI=1S/C20H24N4O2/c1-11(2)24-19-16(10-21-24)15(9-17(23-19)14-6-7-14)20(25)22-13(4)18-8-5-12(3)26-18/h5,8-11,13-14H,6-7H2,1-4H3,(H,22,25). The first-order valence-corrected chi connectivity index (χ1v) is 9.19. The minimum absolute atomic E-state index is 0.121. The van der Waals surface area contributed by atoms with E-state index in [4.69, 9.17) is 9.40 Å². The van der Waals surface area contributed by atoms with Crippen LogP contribution in [0.25, 0.3) is 11.0 Å². The lowest BCUT2D eigenvalue weighted by Gasteiger charge is -2.13. The van der Waals surface area contributed by atoms with Gasteiger partial charge in [0.05, 0.1) is 23.2 Å². The molecule has 1 unspecified atom stereocenters. The van der Waals surface area contributed by atoms with Crippen LogP contribution in [0.4, 0.5) is 0 Å². The molecule has 1 aliphatic rings. The fraction of sp³-hybridized carbons (Fsp3) is 0.450. The third-order valence-corrected chi connectivity index (χ3v) is 4.85. The molecule has 1 fully saturated rings. The lowest BCUT2D eigenvalue weighted by Crippen LogP contribution is -2.26. The lowest BCUT2D eigenvalue weighted by atomic mass is 10.1. The fourth-order valence-electron chi connectivity index (χ4n) is 3.22. The van der Waals surface area contributed by atoms with Crippen LogP contribution in [0.5, 0.6) is 0 Å². The summed E-state index contributed by atoms with van der Waals surface area (Å²) in [6, 6.07) is 5.72. The zero-order valence-corrected chi connectivity index (χ0v) is 15.6. The van der Waals surface area contributed by atoms with Gasteiger partial charge in [-0.1, -0.05) is 0 Å². The summed E-state index contributed by atoms with van der Waals surface area (Å²) in [5.41, 5.74) is 2.42. The second-order valence-corrected chi connectivity index (χ2v) is 7.43. The Kier molecular flexibility index (Phi) is 4.05. The van der Waals surface area contributed by atoms with E-state index in [9.17, 15) is 4.79 Å². The molecule has 0 saturated heterocycles. The zero-order valence-electron chi connectivity index (χ0n) is 15.6. The molecule has 0 aliphatic heterocycles. The van der Waals surface area contributed by atoms with Crippen molar-refractivity contribution in [2.45, 2.75) is 58.5 Å². The maximum absolute atomic E-state index is 13.0. The van der Waals surface area contributed by atoms with Crippen LogP contribution in [0.2, 0.25) is 0 Å². The molecule has 1 saturated carbocycles. The molecule has 26 heavy (non-hydrogen) atoms. The number of rotatable bonds is 5. The van der Waals surface area contributed by atoms with Crippen LogP contribution in [-0.2, 0) is 0 Å². The fourth-order valence-corrected chi connectivity index (χ4v) is 3.22. The molecular weight excluding hydrogens is 328 g/mol. The summed E-state index contributed by atoms with van der Waals surface area (Å²) in [5.74, 6) is 1.93. The number of pyridine rings is 1. The molecule has 6 heteroatoms. The Balaban J connectivity index is 1.71. The summed E-state index contributed by atoms with van der Waals surface area (Å²) < 4.78 is 7.52. The van der Waals surface area contributed by atoms with E-state index in [2.05, 4.69) is 24.3 Å². The Morgan fingerprint density at radius 1 is 1.31 bits per heavy atom. The van der Waals surface area contributed by atoms with Crippen LogP contribution in [0, 0.1) is 6.92 Å². The number of furan rings is 1. The molecule has 3 heterocycles. The number of fused-ring (bicyclic) bond motifs is 1. The van der Waals surface area contributed by atoms with Gasteiger partial charge in [-0.2, -0.15) is 5.10 Å². The van der Waals surface area contributed by atoms with Crippen molar-refractivity contribution in [3.63, 3.8) is 0 Å². The Labute approximate surface area is 152 Å². The largest absolute Gasteiger partial charge is 0.464 e. The predicted molar refractivity (Wildman–Crippen MR) is 99.2 cm³/mol. The molecule has 1 atom stereocenters. The molecule has 1 amide bonds. The highest BCUT2D eigenvalue weighted by Crippen LogP contribution is 2.40. The number of aryl methyl sites for hydroxylation is 1. The van der Waals surface area contributed by atoms with E-state index in [1.54, 1.807) is 6.20 Å². The molecular formula is C20H24N4O2. The smallest absolute Gasteiger partial charge is 0.252 e. The van der Waals surface area contributed by atoms with E-state index in [1.165, 1.54) is 0 Å². The van der Waals surface area contributed by atoms with Crippen molar-refractivity contribution in [2.24, 2.45) is 0 Å². The van der Waals surface area contributed by atoms with Gasteiger partial charge in [0.1, 0.15) is 11.5 Å². The van der Waals surface area contributed by atoms with Crippen LogP contribution in [0.1, 0.15) is 79.2 Å². The molecule has 136 valence electrons. The summed E-state index contributed by atoms with van der Waals surface area (Å²) in [4.78, 5) is 17.8. The quantitative estimate of drug-likeness (QED) is 0.744. The van der Waals surface area contributed by atoms with Crippen molar-refractivity contribution in [3.05, 3.63) is 47.2 Å². The molecule has 3 aromatic rings. The van der Waals surface area contributed by atoms with Gasteiger partial charge >= 0.3 is 0 Å². The molecule has 0 spiro atoms. The second-order valence-electron chi connectivity index (χ2n) is 7.43. The van der Waals surface area contributed by atoms with Gasteiger partial charge in [-0.25, -0.2) is 9.67 Å². The third-order valence-electron chi connectivity index (χ3n) is 4.85. The zero-order chi connectivity index (χ0) is 18.4. The molecule has 6 nitrogen and oxygen atoms in total. The van der Waals surface area contributed by atoms with E-state index in [0.29, 0.717) is 11.5 Å². The summed E-state index contributed by atoms with van der Waals surface area (Å²) in [6.45, 7) is 7.96. The van der Waals surface area contributed by atoms with Gasteiger partial charge in [-0.15, -0.1) is 0 Å². The highest BCUT2D eigenvalue weighted by atomic mass is 16.3. The van der Waals surface area contributed by atoms with E-state index in [1.807, 2.05) is 36.7 Å². The Hall–Kier alpha value is -2.63. The Morgan fingerprint density at radius 3 is 2.69 bits per heavy atom. The molecule has 1 N–H and O–H groups in total. The van der Waals surface area contributed by atoms with Gasteiger partial charge in [0, 0.05) is 17.7 Å². The van der Waals surface area contributed by atoms with Gasteiger partial charge in [0.2, 0.25) is 0 Å². The number of amides is 1. The van der Waals surface area contributed by atoms with Crippen LogP contribution in [0.3, 0.4) is 0 Å². The number of aromatic nitrogens is 3. The van der Waals surface area contributed by atoms with Gasteiger partial charge in [0.15, 0.2) is 5.65 Å². The maximum atomic E-state index is 13.0. The molecule has 0 radical (unpaired) electrons. The van der Waals surface area contributed by atoms with E-state index in [-0.39, 0.29) is 18.0 Å². The first-order chi connectivity index (χ1) is 12.4. The summed E-state index contributed by atoms with van der Waals surface area (Å²) in [5, 5.41) is 8.30. The molecule has 4 rings (SSSR count). The topological polar surface area (TPSA) is 73.0 Å². The normalized spacial score (nSPS) is 15.6. The average Bonchev–Trinajstić information content (AvgIpc) is 3.21. The number of nitrogens with zero attached hydrogens (tertiary/aromatic N) is 3. The molecule has 1 aliphatic carbocycles. The van der Waals surface area contributed by atoms with Gasteiger partial charge in [-0.05, 0) is 58.7 Å². The van der Waals surface area contributed by atoms with Crippen LogP contribution in [0.15, 0.2) is 28.8 Å². The number of carbonyl (C=O) groups is 1. The number of hydrogen-bond donors (Lipinski definition) is 1. The Morgan fingerprint density at radius 2 is 2.08 bits per heavy atom. The minimum atomic E-state index is -0.205. The van der Waals surface area contributed by atoms with Gasteiger partial charge in [0.25, 0.3) is 5.91 Å². The monoisotopic (exact) mass is 352 g/mol. The van der Waals surface area contributed by atoms with Crippen molar-refractivity contribution in [3.8, 4) is 0 Å². The van der Waals surface area contributed by atoms with Crippen molar-refractivity contribution in [1.29, 1.82) is 0 Å². The number of nitrogens with one attached hydrogen (secondary N) is 1. The van der Waals surface area contributed by atoms with Crippen molar-refractivity contribution >= 4 is 16.9 Å². The van der Waals surface area contributed by atoms with Crippen molar-refractivity contribution in [2.75, 3.05) is 0 Å². The summed E-state index contributed by atoms with van der Waals surface area (Å²) in [7, 11) is 0. The third kappa shape index (κ3) is 3.00. The molecule has 3 aromatic heterocycles. The SMILES string of the molecule is Cc1ccc(C(C)NC(=O)c2cc(C3CC3)nc3c2cnn3C(C)C)o1. The highest BCUT2D eigenvalue weighted by Gasteiger charge is 2.28. The summed E-state index contributed by atoms with van der Waals surface area (Å²) in [6.07, 6.45) is 4.02. The number of carbonyl (C=O) groups excluding carboxylic acids is 1. The van der Waals surface area contributed by atoms with Gasteiger partial charge < -0.3 is 9.73 Å². The van der Waals surface area contributed by atoms with Crippen LogP contribution in [-0.4, -0.2) is 20.7 Å². The van der Waals surface area contributed by atoms with Gasteiger partial charge in [-0.3, -0.25) is 4.79 Å². The van der Waals surface area contributed by atoms with E-state index in [0.717, 1.165) is 41.1 Å². The Bertz CT molecular complexity index is 966. The first-order valence-electron chi connectivity index (χ1n) is 9.19. The minimum Gasteiger partial charge on any atom is -0.464 e. The van der Waals surface area contributed by atoms with Crippen LogP contribution >= 0.6 is 0 Å². The molecule has 0 bridgehead atoms. The second kappa shape index (κ2) is 6.27. The average molecular weight is 352 g/mol. The van der Waals surface area contributed by atoms with Crippen molar-refractivity contribution < 1.29 is 9.21 Å². The molecule has 0 aromatic carbocycles. The summed E-state index contributed by atoms with van der Waals surface area (Å²) >= 11 is 0. The lowest BCUT2D eigenvalue weighted by molar-refractivity contribution is 0.0936. The van der Waals surface area contributed by atoms with Crippen molar-refractivity contribution in [1.82, 2.24) is 20.1 Å².